The van der Waals surface area contributed by atoms with E-state index >= 15 is 0 Å². The van der Waals surface area contributed by atoms with E-state index in [1.807, 2.05) is 6.07 Å². The van der Waals surface area contributed by atoms with Gasteiger partial charge < -0.3 is 9.84 Å². The maximum atomic E-state index is 12.1. The summed E-state index contributed by atoms with van der Waals surface area (Å²) in [6.07, 6.45) is 1.45. The predicted molar refractivity (Wildman–Crippen MR) is 85.0 cm³/mol. The highest BCUT2D eigenvalue weighted by Crippen LogP contribution is 2.27. The number of halogens is 1. The Morgan fingerprint density at radius 1 is 1.26 bits per heavy atom. The first kappa shape index (κ1) is 15.7. The van der Waals surface area contributed by atoms with Crippen molar-refractivity contribution in [2.45, 2.75) is 12.8 Å². The van der Waals surface area contributed by atoms with Gasteiger partial charge in [0.25, 0.3) is 5.91 Å². The fourth-order valence-electron chi connectivity index (χ4n) is 2.53. The first-order valence-electron chi connectivity index (χ1n) is 7.42. The fraction of sp³-hybridized carbons (Fsp3) is 0.312. The van der Waals surface area contributed by atoms with Crippen LogP contribution in [0.1, 0.15) is 23.3 Å². The maximum Gasteiger partial charge on any atom is 0.280 e. The Balaban J connectivity index is 1.69. The molecule has 2 N–H and O–H groups in total. The molecule has 0 saturated carbocycles. The lowest BCUT2D eigenvalue weighted by Gasteiger charge is -2.20. The maximum absolute atomic E-state index is 12.1. The molecule has 2 heterocycles. The predicted octanol–water partition coefficient (Wildman–Crippen LogP) is 2.25. The molecule has 1 aliphatic heterocycles. The van der Waals surface area contributed by atoms with Crippen LogP contribution in [0.5, 0.6) is 0 Å². The summed E-state index contributed by atoms with van der Waals surface area (Å²) in [6, 6.07) is 8.58. The van der Waals surface area contributed by atoms with Crippen LogP contribution in [0, 0.1) is 5.92 Å². The van der Waals surface area contributed by atoms with E-state index < -0.39 is 5.91 Å². The normalized spacial score (nSPS) is 15.3. The Labute approximate surface area is 138 Å². The number of benzene rings is 1. The number of nitrogens with one attached hydrogen (secondary N) is 2. The highest BCUT2D eigenvalue weighted by Gasteiger charge is 2.24. The Morgan fingerprint density at radius 3 is 2.74 bits per heavy atom. The van der Waals surface area contributed by atoms with Crippen molar-refractivity contribution in [2.75, 3.05) is 13.1 Å². The Hall–Kier alpha value is -2.18. The van der Waals surface area contributed by atoms with Crippen molar-refractivity contribution in [3.8, 4) is 11.3 Å². The molecule has 1 fully saturated rings. The molecule has 7 heteroatoms. The van der Waals surface area contributed by atoms with Gasteiger partial charge in [-0.05, 0) is 38.1 Å². The van der Waals surface area contributed by atoms with Gasteiger partial charge in [0.05, 0.1) is 5.02 Å². The van der Waals surface area contributed by atoms with Gasteiger partial charge in [0.2, 0.25) is 5.91 Å². The summed E-state index contributed by atoms with van der Waals surface area (Å²) < 4.78 is 5.16. The van der Waals surface area contributed by atoms with Crippen LogP contribution in [0.2, 0.25) is 5.02 Å². The van der Waals surface area contributed by atoms with Crippen LogP contribution in [0.3, 0.4) is 0 Å². The van der Waals surface area contributed by atoms with Crippen molar-refractivity contribution in [1.82, 2.24) is 15.8 Å². The number of carbonyl (C=O) groups excluding carboxylic acids is 2. The van der Waals surface area contributed by atoms with E-state index in [4.69, 9.17) is 16.1 Å². The van der Waals surface area contributed by atoms with E-state index in [9.17, 15) is 9.59 Å². The second kappa shape index (κ2) is 6.93. The molecule has 1 aromatic carbocycles. The number of imide groups is 1. The third-order valence-electron chi connectivity index (χ3n) is 3.83. The summed E-state index contributed by atoms with van der Waals surface area (Å²) in [5.41, 5.74) is 0.701. The molecular weight excluding hydrogens is 318 g/mol. The number of amides is 2. The molecule has 120 valence electrons. The summed E-state index contributed by atoms with van der Waals surface area (Å²) in [7, 11) is 0. The van der Waals surface area contributed by atoms with Gasteiger partial charge in [-0.1, -0.05) is 28.9 Å². The number of hydrogen-bond acceptors (Lipinski definition) is 5. The molecule has 6 nitrogen and oxygen atoms in total. The molecule has 2 aromatic rings. The van der Waals surface area contributed by atoms with Gasteiger partial charge in [-0.25, -0.2) is 0 Å². The summed E-state index contributed by atoms with van der Waals surface area (Å²) in [5.74, 6) is -0.584. The monoisotopic (exact) mass is 333 g/mol. The molecule has 0 bridgehead atoms. The molecule has 0 aliphatic carbocycles. The van der Waals surface area contributed by atoms with Crippen molar-refractivity contribution in [1.29, 1.82) is 0 Å². The number of carbonyl (C=O) groups is 2. The Kier molecular flexibility index (Phi) is 4.73. The zero-order chi connectivity index (χ0) is 16.2. The third kappa shape index (κ3) is 3.60. The van der Waals surface area contributed by atoms with E-state index in [0.717, 1.165) is 25.9 Å². The van der Waals surface area contributed by atoms with Crippen molar-refractivity contribution in [2.24, 2.45) is 5.92 Å². The van der Waals surface area contributed by atoms with Crippen LogP contribution in [0.15, 0.2) is 34.9 Å². The van der Waals surface area contributed by atoms with E-state index in [1.54, 1.807) is 18.2 Å². The second-order valence-corrected chi connectivity index (χ2v) is 5.81. The first-order valence-corrected chi connectivity index (χ1v) is 7.80. The SMILES string of the molecule is O=C(NC(=O)C1CCNCC1)c1cc(-c2ccccc2Cl)on1. The van der Waals surface area contributed by atoms with Crippen LogP contribution >= 0.6 is 11.6 Å². The lowest BCUT2D eigenvalue weighted by molar-refractivity contribution is -0.124. The lowest BCUT2D eigenvalue weighted by atomic mass is 9.97. The average molecular weight is 334 g/mol. The number of rotatable bonds is 3. The van der Waals surface area contributed by atoms with Gasteiger partial charge in [-0.3, -0.25) is 14.9 Å². The van der Waals surface area contributed by atoms with Crippen LogP contribution in [0.4, 0.5) is 0 Å². The molecule has 1 saturated heterocycles. The highest BCUT2D eigenvalue weighted by molar-refractivity contribution is 6.33. The number of aromatic nitrogens is 1. The van der Waals surface area contributed by atoms with Gasteiger partial charge in [0.15, 0.2) is 11.5 Å². The minimum absolute atomic E-state index is 0.0576. The minimum Gasteiger partial charge on any atom is -0.355 e. The molecule has 3 rings (SSSR count). The van der Waals surface area contributed by atoms with Gasteiger partial charge in [-0.2, -0.15) is 0 Å². The van der Waals surface area contributed by atoms with Crippen LogP contribution in [-0.2, 0) is 4.79 Å². The molecule has 1 aromatic heterocycles. The Bertz CT molecular complexity index is 723. The van der Waals surface area contributed by atoms with Crippen LogP contribution in [-0.4, -0.2) is 30.1 Å². The van der Waals surface area contributed by atoms with Crippen molar-refractivity contribution >= 4 is 23.4 Å². The molecule has 0 atom stereocenters. The molecular formula is C16H16ClN3O3. The van der Waals surface area contributed by atoms with Gasteiger partial charge in [0, 0.05) is 17.5 Å². The topological polar surface area (TPSA) is 84.2 Å². The minimum atomic E-state index is -0.560. The molecule has 0 radical (unpaired) electrons. The molecule has 2 amide bonds. The zero-order valence-electron chi connectivity index (χ0n) is 12.3. The van der Waals surface area contributed by atoms with E-state index in [2.05, 4.69) is 15.8 Å². The van der Waals surface area contributed by atoms with Crippen LogP contribution < -0.4 is 10.6 Å². The molecule has 0 unspecified atom stereocenters. The van der Waals surface area contributed by atoms with Gasteiger partial charge >= 0.3 is 0 Å². The van der Waals surface area contributed by atoms with Crippen molar-refractivity contribution < 1.29 is 14.1 Å². The number of nitrogens with zero attached hydrogens (tertiary/aromatic N) is 1. The molecule has 0 spiro atoms. The van der Waals surface area contributed by atoms with Crippen molar-refractivity contribution in [3.05, 3.63) is 41.0 Å². The first-order chi connectivity index (χ1) is 11.1. The van der Waals surface area contributed by atoms with E-state index in [-0.39, 0.29) is 17.5 Å². The average Bonchev–Trinajstić information content (AvgIpc) is 3.06. The van der Waals surface area contributed by atoms with E-state index in [0.29, 0.717) is 16.3 Å². The summed E-state index contributed by atoms with van der Waals surface area (Å²) >= 11 is 6.09. The largest absolute Gasteiger partial charge is 0.355 e. The Morgan fingerprint density at radius 2 is 2.00 bits per heavy atom. The molecule has 1 aliphatic rings. The quantitative estimate of drug-likeness (QED) is 0.842. The zero-order valence-corrected chi connectivity index (χ0v) is 13.1. The van der Waals surface area contributed by atoms with Crippen molar-refractivity contribution in [3.63, 3.8) is 0 Å². The van der Waals surface area contributed by atoms with Crippen LogP contribution in [0.25, 0.3) is 11.3 Å². The number of piperidine rings is 1. The third-order valence-corrected chi connectivity index (χ3v) is 4.16. The van der Waals surface area contributed by atoms with Gasteiger partial charge in [0.1, 0.15) is 0 Å². The fourth-order valence-corrected chi connectivity index (χ4v) is 2.76. The van der Waals surface area contributed by atoms with E-state index in [1.165, 1.54) is 6.07 Å². The summed E-state index contributed by atoms with van der Waals surface area (Å²) in [4.78, 5) is 24.2. The highest BCUT2D eigenvalue weighted by atomic mass is 35.5. The number of hydrogen-bond donors (Lipinski definition) is 2. The lowest BCUT2D eigenvalue weighted by Crippen LogP contribution is -2.40. The smallest absolute Gasteiger partial charge is 0.280 e. The second-order valence-electron chi connectivity index (χ2n) is 5.40. The summed E-state index contributed by atoms with van der Waals surface area (Å²) in [6.45, 7) is 1.57. The standard InChI is InChI=1S/C16H16ClN3O3/c17-12-4-2-1-3-11(12)14-9-13(20-23-14)16(22)19-15(21)10-5-7-18-8-6-10/h1-4,9-10,18H,5-8H2,(H,19,21,22). The molecule has 23 heavy (non-hydrogen) atoms. The summed E-state index contributed by atoms with van der Waals surface area (Å²) in [5, 5.41) is 9.78. The van der Waals surface area contributed by atoms with Gasteiger partial charge in [-0.15, -0.1) is 0 Å².